The van der Waals surface area contributed by atoms with E-state index in [1.54, 1.807) is 0 Å². The predicted molar refractivity (Wildman–Crippen MR) is 212 cm³/mol. The van der Waals surface area contributed by atoms with Crippen molar-refractivity contribution in [2.75, 3.05) is 0 Å². The third-order valence-electron chi connectivity index (χ3n) is 11.0. The minimum Gasteiger partial charge on any atom is -0.309 e. The van der Waals surface area contributed by atoms with Gasteiger partial charge in [0.05, 0.1) is 11.0 Å². The minimum atomic E-state index is 0.914. The molecule has 1 heteroatoms. The lowest BCUT2D eigenvalue weighted by Crippen LogP contribution is -1.93. The van der Waals surface area contributed by atoms with Gasteiger partial charge in [0.15, 0.2) is 0 Å². The van der Waals surface area contributed by atoms with E-state index < -0.39 is 0 Å². The summed E-state index contributed by atoms with van der Waals surface area (Å²) in [6.45, 7) is 0. The zero-order chi connectivity index (χ0) is 32.8. The standard InChI is InChI=1S/C49H31N/c1-2-12-33(13-3-1)50-48-23-9-8-18-43(48)47-29-32(25-27-49(47)50)35-20-11-22-41-40-21-10-19-34(45(40)30-46(35)41)31-24-26-42-38-16-5-4-14-36(38)37-15-6-7-17-39(37)44(42)28-31/h1-29H,30H2. The summed E-state index contributed by atoms with van der Waals surface area (Å²) in [4.78, 5) is 0. The van der Waals surface area contributed by atoms with Crippen molar-refractivity contribution in [1.82, 2.24) is 4.57 Å². The molecule has 1 aromatic heterocycles. The summed E-state index contributed by atoms with van der Waals surface area (Å²) in [7, 11) is 0. The number of benzene rings is 9. The molecule has 0 N–H and O–H groups in total. The van der Waals surface area contributed by atoms with Gasteiger partial charge >= 0.3 is 0 Å². The van der Waals surface area contributed by atoms with Crippen molar-refractivity contribution in [1.29, 1.82) is 0 Å². The molecule has 1 nitrogen and oxygen atoms in total. The van der Waals surface area contributed by atoms with Crippen molar-refractivity contribution in [2.24, 2.45) is 0 Å². The fraction of sp³-hybridized carbons (Fsp3) is 0.0204. The smallest absolute Gasteiger partial charge is 0.0541 e. The summed E-state index contributed by atoms with van der Waals surface area (Å²) in [5, 5.41) is 10.4. The Labute approximate surface area is 290 Å². The van der Waals surface area contributed by atoms with Crippen LogP contribution in [0, 0.1) is 0 Å². The molecule has 0 saturated heterocycles. The average Bonchev–Trinajstić information content (AvgIpc) is 3.74. The highest BCUT2D eigenvalue weighted by molar-refractivity contribution is 6.25. The van der Waals surface area contributed by atoms with Crippen molar-refractivity contribution in [3.63, 3.8) is 0 Å². The van der Waals surface area contributed by atoms with E-state index in [1.165, 1.54) is 104 Å². The Kier molecular flexibility index (Phi) is 5.79. The number of aromatic nitrogens is 1. The summed E-state index contributed by atoms with van der Waals surface area (Å²) in [6.07, 6.45) is 0.914. The van der Waals surface area contributed by atoms with E-state index in [-0.39, 0.29) is 0 Å². The van der Waals surface area contributed by atoms with Crippen LogP contribution in [0.5, 0.6) is 0 Å². The average molecular weight is 634 g/mol. The topological polar surface area (TPSA) is 4.93 Å². The van der Waals surface area contributed by atoms with E-state index >= 15 is 0 Å². The van der Waals surface area contributed by atoms with E-state index in [0.717, 1.165) is 6.42 Å². The third kappa shape index (κ3) is 3.89. The number of nitrogens with zero attached hydrogens (tertiary/aromatic N) is 1. The molecule has 0 saturated carbocycles. The summed E-state index contributed by atoms with van der Waals surface area (Å²) < 4.78 is 2.39. The van der Waals surface area contributed by atoms with Crippen LogP contribution in [-0.4, -0.2) is 4.57 Å². The summed E-state index contributed by atoms with van der Waals surface area (Å²) in [5.41, 5.74) is 14.4. The lowest BCUT2D eigenvalue weighted by Gasteiger charge is -2.14. The van der Waals surface area contributed by atoms with Crippen LogP contribution >= 0.6 is 0 Å². The molecule has 50 heavy (non-hydrogen) atoms. The first-order chi connectivity index (χ1) is 24.8. The van der Waals surface area contributed by atoms with E-state index in [2.05, 4.69) is 180 Å². The number of fused-ring (bicyclic) bond motifs is 12. The molecule has 0 bridgehead atoms. The van der Waals surface area contributed by atoms with Crippen LogP contribution in [0.1, 0.15) is 11.1 Å². The maximum Gasteiger partial charge on any atom is 0.0541 e. The second-order valence-electron chi connectivity index (χ2n) is 13.6. The number of hydrogen-bond donors (Lipinski definition) is 0. The molecular weight excluding hydrogens is 603 g/mol. The van der Waals surface area contributed by atoms with Gasteiger partial charge < -0.3 is 4.57 Å². The largest absolute Gasteiger partial charge is 0.309 e. The first kappa shape index (κ1) is 27.5. The van der Waals surface area contributed by atoms with Gasteiger partial charge in [0, 0.05) is 16.5 Å². The van der Waals surface area contributed by atoms with Gasteiger partial charge in [0.1, 0.15) is 0 Å². The summed E-state index contributed by atoms with van der Waals surface area (Å²) in [5.74, 6) is 0. The number of rotatable bonds is 3. The second kappa shape index (κ2) is 10.5. The van der Waals surface area contributed by atoms with E-state index in [4.69, 9.17) is 0 Å². The van der Waals surface area contributed by atoms with E-state index in [1.807, 2.05) is 0 Å². The Morgan fingerprint density at radius 3 is 1.40 bits per heavy atom. The molecule has 0 radical (unpaired) electrons. The zero-order valence-corrected chi connectivity index (χ0v) is 27.4. The molecule has 1 aliphatic rings. The molecule has 0 atom stereocenters. The third-order valence-corrected chi connectivity index (χ3v) is 11.0. The molecule has 0 spiro atoms. The van der Waals surface area contributed by atoms with Crippen LogP contribution < -0.4 is 0 Å². The van der Waals surface area contributed by atoms with Gasteiger partial charge in [0.25, 0.3) is 0 Å². The minimum absolute atomic E-state index is 0.914. The lowest BCUT2D eigenvalue weighted by molar-refractivity contribution is 1.18. The Hall–Kier alpha value is -6.44. The highest BCUT2D eigenvalue weighted by atomic mass is 15.0. The van der Waals surface area contributed by atoms with Crippen LogP contribution in [0.25, 0.3) is 93.2 Å². The highest BCUT2D eigenvalue weighted by Crippen LogP contribution is 2.47. The maximum absolute atomic E-state index is 2.43. The van der Waals surface area contributed by atoms with Crippen molar-refractivity contribution in [3.05, 3.63) is 187 Å². The predicted octanol–water partition coefficient (Wildman–Crippen LogP) is 13.1. The highest BCUT2D eigenvalue weighted by Gasteiger charge is 2.25. The van der Waals surface area contributed by atoms with Gasteiger partial charge in [-0.1, -0.05) is 140 Å². The Morgan fingerprint density at radius 1 is 0.300 bits per heavy atom. The fourth-order valence-electron chi connectivity index (χ4n) is 8.85. The van der Waals surface area contributed by atoms with Crippen molar-refractivity contribution in [2.45, 2.75) is 6.42 Å². The Bertz CT molecular complexity index is 2960. The molecule has 0 amide bonds. The molecule has 10 aromatic rings. The van der Waals surface area contributed by atoms with Crippen LogP contribution in [0.15, 0.2) is 176 Å². The van der Waals surface area contributed by atoms with Gasteiger partial charge in [0.2, 0.25) is 0 Å². The van der Waals surface area contributed by atoms with E-state index in [9.17, 15) is 0 Å². The first-order valence-electron chi connectivity index (χ1n) is 17.5. The van der Waals surface area contributed by atoms with Crippen LogP contribution in [-0.2, 0) is 6.42 Å². The Morgan fingerprint density at radius 2 is 0.760 bits per heavy atom. The molecule has 0 unspecified atom stereocenters. The van der Waals surface area contributed by atoms with Crippen LogP contribution in [0.2, 0.25) is 0 Å². The maximum atomic E-state index is 2.43. The SMILES string of the molecule is c1ccc(-n2c3ccccc3c3cc(-c4cccc5c4Cc4c(-c6ccc7c8ccccc8c8ccccc8c7c6)cccc4-5)ccc32)cc1. The van der Waals surface area contributed by atoms with Crippen molar-refractivity contribution in [3.8, 4) is 39.1 Å². The summed E-state index contributed by atoms with van der Waals surface area (Å²) in [6, 6.07) is 65.1. The lowest BCUT2D eigenvalue weighted by atomic mass is 9.90. The number of hydrogen-bond acceptors (Lipinski definition) is 0. The monoisotopic (exact) mass is 633 g/mol. The fourth-order valence-corrected chi connectivity index (χ4v) is 8.85. The molecule has 0 fully saturated rings. The Balaban J connectivity index is 1.06. The zero-order valence-electron chi connectivity index (χ0n) is 27.4. The van der Waals surface area contributed by atoms with E-state index in [0.29, 0.717) is 0 Å². The molecule has 1 heterocycles. The van der Waals surface area contributed by atoms with Crippen LogP contribution in [0.3, 0.4) is 0 Å². The molecular formula is C49H31N. The van der Waals surface area contributed by atoms with Gasteiger partial charge in [-0.2, -0.15) is 0 Å². The first-order valence-corrected chi connectivity index (χ1v) is 17.5. The van der Waals surface area contributed by atoms with Gasteiger partial charge in [-0.3, -0.25) is 0 Å². The van der Waals surface area contributed by atoms with Crippen molar-refractivity contribution < 1.29 is 0 Å². The van der Waals surface area contributed by atoms with Gasteiger partial charge in [-0.05, 0) is 120 Å². The molecule has 11 rings (SSSR count). The molecule has 232 valence electrons. The summed E-state index contributed by atoms with van der Waals surface area (Å²) >= 11 is 0. The second-order valence-corrected chi connectivity index (χ2v) is 13.6. The normalized spacial score (nSPS) is 12.3. The van der Waals surface area contributed by atoms with Crippen molar-refractivity contribution >= 4 is 54.1 Å². The quantitative estimate of drug-likeness (QED) is 0.171. The van der Waals surface area contributed by atoms with Gasteiger partial charge in [-0.25, -0.2) is 0 Å². The molecule has 1 aliphatic carbocycles. The van der Waals surface area contributed by atoms with Crippen LogP contribution in [0.4, 0.5) is 0 Å². The number of para-hydroxylation sites is 2. The van der Waals surface area contributed by atoms with Gasteiger partial charge in [-0.15, -0.1) is 0 Å². The molecule has 9 aromatic carbocycles. The molecule has 0 aliphatic heterocycles.